The van der Waals surface area contributed by atoms with Crippen molar-refractivity contribution in [2.45, 2.75) is 56.8 Å². The Bertz CT molecular complexity index is 950. The fourth-order valence-corrected chi connectivity index (χ4v) is 5.12. The molecule has 6 heteroatoms. The van der Waals surface area contributed by atoms with Gasteiger partial charge in [-0.25, -0.2) is 17.5 Å². The molecule has 1 fully saturated rings. The molecule has 1 aromatic carbocycles. The SMILES string of the molecule is CC(C)CNS(=O)(=O)c1cc2c(c3cnc(C4CC4)c(F)c13)CCC2. The minimum Gasteiger partial charge on any atom is -0.257 e. The number of halogens is 1. The highest BCUT2D eigenvalue weighted by molar-refractivity contribution is 7.89. The molecule has 0 amide bonds. The van der Waals surface area contributed by atoms with E-state index in [1.54, 1.807) is 12.3 Å². The van der Waals surface area contributed by atoms with Gasteiger partial charge in [0, 0.05) is 29.4 Å². The highest BCUT2D eigenvalue weighted by Gasteiger charge is 2.32. The lowest BCUT2D eigenvalue weighted by Crippen LogP contribution is -2.28. The smallest absolute Gasteiger partial charge is 0.241 e. The van der Waals surface area contributed by atoms with Crippen molar-refractivity contribution in [3.05, 3.63) is 34.9 Å². The molecule has 1 aromatic heterocycles. The van der Waals surface area contributed by atoms with Crippen molar-refractivity contribution in [2.75, 3.05) is 6.54 Å². The zero-order chi connectivity index (χ0) is 17.8. The van der Waals surface area contributed by atoms with Gasteiger partial charge in [-0.1, -0.05) is 13.8 Å². The average Bonchev–Trinajstić information content (AvgIpc) is 3.29. The Balaban J connectivity index is 1.96. The summed E-state index contributed by atoms with van der Waals surface area (Å²) in [6, 6.07) is 1.69. The zero-order valence-electron chi connectivity index (χ0n) is 14.6. The molecule has 0 bridgehead atoms. The van der Waals surface area contributed by atoms with Gasteiger partial charge in [-0.05, 0) is 55.2 Å². The maximum Gasteiger partial charge on any atom is 0.241 e. The van der Waals surface area contributed by atoms with Crippen LogP contribution in [0.15, 0.2) is 17.2 Å². The summed E-state index contributed by atoms with van der Waals surface area (Å²) in [5.41, 5.74) is 2.50. The lowest BCUT2D eigenvalue weighted by molar-refractivity contribution is 0.559. The first-order valence-electron chi connectivity index (χ1n) is 9.01. The minimum atomic E-state index is -3.77. The Hall–Kier alpha value is -1.53. The molecule has 25 heavy (non-hydrogen) atoms. The number of hydrogen-bond acceptors (Lipinski definition) is 3. The fourth-order valence-electron chi connectivity index (χ4n) is 3.64. The van der Waals surface area contributed by atoms with Crippen LogP contribution in [0.3, 0.4) is 0 Å². The minimum absolute atomic E-state index is 0.0746. The van der Waals surface area contributed by atoms with Gasteiger partial charge >= 0.3 is 0 Å². The molecule has 4 rings (SSSR count). The predicted octanol–water partition coefficient (Wildman–Crippen LogP) is 3.67. The summed E-state index contributed by atoms with van der Waals surface area (Å²) in [6.07, 6.45) is 6.21. The number of hydrogen-bond donors (Lipinski definition) is 1. The van der Waals surface area contributed by atoms with E-state index in [4.69, 9.17) is 0 Å². The lowest BCUT2D eigenvalue weighted by Gasteiger charge is -2.16. The van der Waals surface area contributed by atoms with Crippen LogP contribution >= 0.6 is 0 Å². The van der Waals surface area contributed by atoms with Crippen LogP contribution in [0.5, 0.6) is 0 Å². The van der Waals surface area contributed by atoms with Crippen LogP contribution in [-0.4, -0.2) is 19.9 Å². The van der Waals surface area contributed by atoms with E-state index in [0.29, 0.717) is 17.6 Å². The number of aromatic nitrogens is 1. The fraction of sp³-hybridized carbons (Fsp3) is 0.526. The van der Waals surface area contributed by atoms with E-state index in [2.05, 4.69) is 9.71 Å². The standard InChI is InChI=1S/C19H23FN2O2S/c1-11(2)9-22-25(23,24)16-8-13-4-3-5-14(13)15-10-21-19(12-6-7-12)18(20)17(15)16/h8,10-12,22H,3-7,9H2,1-2H3. The number of fused-ring (bicyclic) bond motifs is 3. The average molecular weight is 362 g/mol. The van der Waals surface area contributed by atoms with Gasteiger partial charge in [0.05, 0.1) is 10.6 Å². The van der Waals surface area contributed by atoms with Crippen LogP contribution in [0.2, 0.25) is 0 Å². The summed E-state index contributed by atoms with van der Waals surface area (Å²) in [6.45, 7) is 4.22. The van der Waals surface area contributed by atoms with Gasteiger partial charge in [0.1, 0.15) is 0 Å². The second-order valence-corrected chi connectivity index (χ2v) is 9.37. The molecule has 1 N–H and O–H groups in total. The first-order valence-corrected chi connectivity index (χ1v) is 10.5. The van der Waals surface area contributed by atoms with Gasteiger partial charge in [0.2, 0.25) is 10.0 Å². The molecule has 4 nitrogen and oxygen atoms in total. The third kappa shape index (κ3) is 2.95. The molecule has 0 radical (unpaired) electrons. The quantitative estimate of drug-likeness (QED) is 0.883. The Labute approximate surface area is 147 Å². The van der Waals surface area contributed by atoms with Crippen LogP contribution in [0.25, 0.3) is 10.8 Å². The molecule has 134 valence electrons. The second kappa shape index (κ2) is 6.02. The summed E-state index contributed by atoms with van der Waals surface area (Å²) in [5.74, 6) is -0.125. The van der Waals surface area contributed by atoms with E-state index in [9.17, 15) is 8.42 Å². The molecule has 2 aliphatic rings. The number of pyridine rings is 1. The Morgan fingerprint density at radius 1 is 1.32 bits per heavy atom. The van der Waals surface area contributed by atoms with Crippen molar-refractivity contribution in [1.29, 1.82) is 0 Å². The van der Waals surface area contributed by atoms with Crippen molar-refractivity contribution in [3.8, 4) is 0 Å². The van der Waals surface area contributed by atoms with E-state index in [1.165, 1.54) is 0 Å². The molecule has 0 spiro atoms. The molecule has 1 saturated carbocycles. The summed E-state index contributed by atoms with van der Waals surface area (Å²) in [5, 5.41) is 0.899. The maximum absolute atomic E-state index is 15.3. The second-order valence-electron chi connectivity index (χ2n) is 7.63. The van der Waals surface area contributed by atoms with Crippen molar-refractivity contribution in [1.82, 2.24) is 9.71 Å². The summed E-state index contributed by atoms with van der Waals surface area (Å²) >= 11 is 0. The van der Waals surface area contributed by atoms with Crippen molar-refractivity contribution in [3.63, 3.8) is 0 Å². The van der Waals surface area contributed by atoms with Crippen LogP contribution < -0.4 is 4.72 Å². The van der Waals surface area contributed by atoms with Crippen LogP contribution in [-0.2, 0) is 22.9 Å². The third-order valence-corrected chi connectivity index (χ3v) is 6.57. The first kappa shape index (κ1) is 16.9. The van der Waals surface area contributed by atoms with Crippen LogP contribution in [0, 0.1) is 11.7 Å². The molecule has 0 atom stereocenters. The zero-order valence-corrected chi connectivity index (χ0v) is 15.4. The van der Waals surface area contributed by atoms with Crippen LogP contribution in [0.4, 0.5) is 4.39 Å². The molecular formula is C19H23FN2O2S. The predicted molar refractivity (Wildman–Crippen MR) is 95.7 cm³/mol. The molecule has 2 aromatic rings. The van der Waals surface area contributed by atoms with E-state index in [1.807, 2.05) is 13.8 Å². The van der Waals surface area contributed by atoms with Crippen LogP contribution in [0.1, 0.15) is 55.8 Å². The van der Waals surface area contributed by atoms with E-state index in [0.717, 1.165) is 43.2 Å². The van der Waals surface area contributed by atoms with Gasteiger partial charge in [0.15, 0.2) is 5.82 Å². The highest BCUT2D eigenvalue weighted by Crippen LogP contribution is 2.43. The number of nitrogens with one attached hydrogen (secondary N) is 1. The summed E-state index contributed by atoms with van der Waals surface area (Å²) < 4.78 is 43.7. The van der Waals surface area contributed by atoms with E-state index < -0.39 is 15.8 Å². The van der Waals surface area contributed by atoms with E-state index in [-0.39, 0.29) is 22.1 Å². The molecule has 1 heterocycles. The Morgan fingerprint density at radius 2 is 2.08 bits per heavy atom. The lowest BCUT2D eigenvalue weighted by atomic mass is 10.0. The Kier molecular flexibility index (Phi) is 4.07. The van der Waals surface area contributed by atoms with Gasteiger partial charge in [0.25, 0.3) is 0 Å². The molecule has 2 aliphatic carbocycles. The number of benzene rings is 1. The number of rotatable bonds is 5. The maximum atomic E-state index is 15.3. The van der Waals surface area contributed by atoms with E-state index >= 15 is 4.39 Å². The molecular weight excluding hydrogens is 339 g/mol. The Morgan fingerprint density at radius 3 is 2.76 bits per heavy atom. The summed E-state index contributed by atoms with van der Waals surface area (Å²) in [7, 11) is -3.77. The number of sulfonamides is 1. The molecule has 0 unspecified atom stereocenters. The largest absolute Gasteiger partial charge is 0.257 e. The highest BCUT2D eigenvalue weighted by atomic mass is 32.2. The number of nitrogens with zero attached hydrogens (tertiary/aromatic N) is 1. The van der Waals surface area contributed by atoms with Crippen molar-refractivity contribution < 1.29 is 12.8 Å². The monoisotopic (exact) mass is 362 g/mol. The topological polar surface area (TPSA) is 59.1 Å². The van der Waals surface area contributed by atoms with Gasteiger partial charge in [-0.15, -0.1) is 0 Å². The normalized spacial score (nSPS) is 17.4. The molecule has 0 aliphatic heterocycles. The first-order chi connectivity index (χ1) is 11.9. The van der Waals surface area contributed by atoms with Gasteiger partial charge in [-0.2, -0.15) is 0 Å². The number of aryl methyl sites for hydroxylation is 2. The van der Waals surface area contributed by atoms with Gasteiger partial charge in [-0.3, -0.25) is 4.98 Å². The third-order valence-electron chi connectivity index (χ3n) is 5.12. The molecule has 0 saturated heterocycles. The summed E-state index contributed by atoms with van der Waals surface area (Å²) in [4.78, 5) is 4.43. The van der Waals surface area contributed by atoms with Gasteiger partial charge < -0.3 is 0 Å². The van der Waals surface area contributed by atoms with Crippen molar-refractivity contribution in [2.24, 2.45) is 5.92 Å². The van der Waals surface area contributed by atoms with Crippen molar-refractivity contribution >= 4 is 20.8 Å².